The summed E-state index contributed by atoms with van der Waals surface area (Å²) in [7, 11) is 1.78. The molecule has 5 nitrogen and oxygen atoms in total. The smallest absolute Gasteiger partial charge is 0.248 e. The second kappa shape index (κ2) is 4.55. The molecule has 3 N–H and O–H groups in total. The predicted octanol–water partition coefficient (Wildman–Crippen LogP) is 0.110. The number of nitrogens with zero attached hydrogens (tertiary/aromatic N) is 1. The molecule has 17 heavy (non-hydrogen) atoms. The van der Waals surface area contributed by atoms with E-state index in [-0.39, 0.29) is 11.9 Å². The van der Waals surface area contributed by atoms with E-state index in [2.05, 4.69) is 5.32 Å². The number of hydrogen-bond acceptors (Lipinski definition) is 3. The second-order valence-electron chi connectivity index (χ2n) is 4.03. The maximum atomic E-state index is 11.9. The molecule has 1 aliphatic heterocycles. The Bertz CT molecular complexity index is 442. The molecule has 0 aliphatic carbocycles. The van der Waals surface area contributed by atoms with Crippen molar-refractivity contribution in [3.63, 3.8) is 0 Å². The van der Waals surface area contributed by atoms with E-state index in [1.54, 1.807) is 36.2 Å². The number of nitrogens with two attached hydrogens (primary N) is 1. The van der Waals surface area contributed by atoms with Gasteiger partial charge in [-0.1, -0.05) is 0 Å². The number of carbonyl (C=O) groups is 2. The second-order valence-corrected chi connectivity index (χ2v) is 4.03. The molecule has 1 unspecified atom stereocenters. The minimum Gasteiger partial charge on any atom is -0.366 e. The van der Waals surface area contributed by atoms with Crippen LogP contribution in [0.3, 0.4) is 0 Å². The maximum absolute atomic E-state index is 11.9. The van der Waals surface area contributed by atoms with Crippen molar-refractivity contribution in [3.05, 3.63) is 29.8 Å². The first kappa shape index (κ1) is 11.6. The van der Waals surface area contributed by atoms with Gasteiger partial charge in [-0.2, -0.15) is 0 Å². The highest BCUT2D eigenvalue weighted by Gasteiger charge is 2.31. The minimum absolute atomic E-state index is 0.0688. The number of hydrogen-bond donors (Lipinski definition) is 2. The van der Waals surface area contributed by atoms with Gasteiger partial charge >= 0.3 is 0 Å². The Kier molecular flexibility index (Phi) is 3.10. The maximum Gasteiger partial charge on any atom is 0.248 e. The van der Waals surface area contributed by atoms with Gasteiger partial charge in [0.15, 0.2) is 0 Å². The molecule has 2 amide bonds. The zero-order valence-electron chi connectivity index (χ0n) is 9.64. The van der Waals surface area contributed by atoms with E-state index in [0.717, 1.165) is 12.1 Å². The lowest BCUT2D eigenvalue weighted by Crippen LogP contribution is -2.36. The molecule has 1 aromatic rings. The van der Waals surface area contributed by atoms with Gasteiger partial charge in [-0.3, -0.25) is 9.59 Å². The van der Waals surface area contributed by atoms with E-state index in [1.165, 1.54) is 0 Å². The number of primary amides is 1. The van der Waals surface area contributed by atoms with Crippen molar-refractivity contribution in [2.75, 3.05) is 18.5 Å². The van der Waals surface area contributed by atoms with Crippen molar-refractivity contribution in [1.82, 2.24) is 5.32 Å². The summed E-state index contributed by atoms with van der Waals surface area (Å²) in [4.78, 5) is 24.6. The van der Waals surface area contributed by atoms with Crippen LogP contribution in [0, 0.1) is 0 Å². The summed E-state index contributed by atoms with van der Waals surface area (Å²) in [5.41, 5.74) is 6.41. The molecule has 1 saturated heterocycles. The number of likely N-dealkylation sites (N-methyl/N-ethyl adjacent to an activating group) is 1. The summed E-state index contributed by atoms with van der Waals surface area (Å²) in [6, 6.07) is 6.66. The van der Waals surface area contributed by atoms with Gasteiger partial charge in [-0.25, -0.2) is 0 Å². The number of nitrogens with one attached hydrogen (secondary N) is 1. The summed E-state index contributed by atoms with van der Waals surface area (Å²) >= 11 is 0. The van der Waals surface area contributed by atoms with Crippen molar-refractivity contribution < 1.29 is 9.59 Å². The Morgan fingerprint density at radius 1 is 1.41 bits per heavy atom. The third kappa shape index (κ3) is 2.14. The Labute approximate surface area is 99.6 Å². The van der Waals surface area contributed by atoms with Crippen molar-refractivity contribution in [2.45, 2.75) is 12.5 Å². The van der Waals surface area contributed by atoms with Crippen LogP contribution in [-0.2, 0) is 4.79 Å². The SMILES string of the molecule is CNC1CCN(c2ccc(C(N)=O)cc2)C1=O. The minimum atomic E-state index is -0.461. The molecule has 0 bridgehead atoms. The topological polar surface area (TPSA) is 75.4 Å². The van der Waals surface area contributed by atoms with Gasteiger partial charge < -0.3 is 16.0 Å². The number of rotatable bonds is 3. The van der Waals surface area contributed by atoms with Crippen LogP contribution in [0.2, 0.25) is 0 Å². The Morgan fingerprint density at radius 2 is 2.06 bits per heavy atom. The van der Waals surface area contributed by atoms with Gasteiger partial charge in [0, 0.05) is 17.8 Å². The van der Waals surface area contributed by atoms with E-state index in [9.17, 15) is 9.59 Å². The predicted molar refractivity (Wildman–Crippen MR) is 64.8 cm³/mol. The molecule has 90 valence electrons. The standard InChI is InChI=1S/C12H15N3O2/c1-14-10-6-7-15(12(10)17)9-4-2-8(3-5-9)11(13)16/h2-5,10,14H,6-7H2,1H3,(H2,13,16). The Balaban J connectivity index is 2.18. The lowest BCUT2D eigenvalue weighted by molar-refractivity contribution is -0.118. The van der Waals surface area contributed by atoms with Crippen LogP contribution in [0.15, 0.2) is 24.3 Å². The Hall–Kier alpha value is -1.88. The van der Waals surface area contributed by atoms with Crippen LogP contribution in [0.1, 0.15) is 16.8 Å². The quantitative estimate of drug-likeness (QED) is 0.778. The number of carbonyl (C=O) groups excluding carboxylic acids is 2. The monoisotopic (exact) mass is 233 g/mol. The van der Waals surface area contributed by atoms with Crippen LogP contribution >= 0.6 is 0 Å². The lowest BCUT2D eigenvalue weighted by Gasteiger charge is -2.16. The Morgan fingerprint density at radius 3 is 2.53 bits per heavy atom. The first-order valence-electron chi connectivity index (χ1n) is 5.52. The molecule has 2 rings (SSSR count). The van der Waals surface area contributed by atoms with Gasteiger partial charge in [-0.05, 0) is 37.7 Å². The molecule has 0 radical (unpaired) electrons. The molecule has 1 aliphatic rings. The molecular formula is C12H15N3O2. The van der Waals surface area contributed by atoms with Crippen molar-refractivity contribution in [1.29, 1.82) is 0 Å². The van der Waals surface area contributed by atoms with Crippen LogP contribution in [0.5, 0.6) is 0 Å². The molecule has 1 heterocycles. The zero-order valence-corrected chi connectivity index (χ0v) is 9.64. The van der Waals surface area contributed by atoms with E-state index in [1.807, 2.05) is 0 Å². The van der Waals surface area contributed by atoms with Crippen molar-refractivity contribution in [2.24, 2.45) is 5.73 Å². The van der Waals surface area contributed by atoms with Gasteiger partial charge in [0.25, 0.3) is 0 Å². The normalized spacial score (nSPS) is 19.7. The van der Waals surface area contributed by atoms with Crippen molar-refractivity contribution >= 4 is 17.5 Å². The lowest BCUT2D eigenvalue weighted by atomic mass is 10.2. The summed E-state index contributed by atoms with van der Waals surface area (Å²) in [5.74, 6) is -0.392. The van der Waals surface area contributed by atoms with Gasteiger partial charge in [0.05, 0.1) is 6.04 Å². The van der Waals surface area contributed by atoms with Crippen LogP contribution in [0.4, 0.5) is 5.69 Å². The van der Waals surface area contributed by atoms with Gasteiger partial charge in [-0.15, -0.1) is 0 Å². The van der Waals surface area contributed by atoms with Crippen LogP contribution in [-0.4, -0.2) is 31.4 Å². The summed E-state index contributed by atoms with van der Waals surface area (Å²) < 4.78 is 0. The highest BCUT2D eigenvalue weighted by Crippen LogP contribution is 2.21. The number of anilines is 1. The molecule has 1 fully saturated rings. The highest BCUT2D eigenvalue weighted by atomic mass is 16.2. The van der Waals surface area contributed by atoms with Crippen LogP contribution in [0.25, 0.3) is 0 Å². The summed E-state index contributed by atoms with van der Waals surface area (Å²) in [6.45, 7) is 0.695. The molecule has 0 saturated carbocycles. The average molecular weight is 233 g/mol. The first-order valence-corrected chi connectivity index (χ1v) is 5.52. The molecule has 0 aromatic heterocycles. The highest BCUT2D eigenvalue weighted by molar-refractivity contribution is 6.00. The van der Waals surface area contributed by atoms with E-state index in [0.29, 0.717) is 12.1 Å². The van der Waals surface area contributed by atoms with E-state index >= 15 is 0 Å². The fraction of sp³-hybridized carbons (Fsp3) is 0.333. The average Bonchev–Trinajstić information content (AvgIpc) is 2.70. The molecule has 1 aromatic carbocycles. The largest absolute Gasteiger partial charge is 0.366 e. The third-order valence-electron chi connectivity index (χ3n) is 3.02. The molecule has 1 atom stereocenters. The first-order chi connectivity index (χ1) is 8.13. The van der Waals surface area contributed by atoms with E-state index in [4.69, 9.17) is 5.73 Å². The number of benzene rings is 1. The molecule has 5 heteroatoms. The summed E-state index contributed by atoms with van der Waals surface area (Å²) in [5, 5.41) is 2.98. The van der Waals surface area contributed by atoms with E-state index < -0.39 is 5.91 Å². The summed E-state index contributed by atoms with van der Waals surface area (Å²) in [6.07, 6.45) is 0.799. The zero-order chi connectivity index (χ0) is 12.4. The van der Waals surface area contributed by atoms with Crippen LogP contribution < -0.4 is 16.0 Å². The molecular weight excluding hydrogens is 218 g/mol. The fourth-order valence-corrected chi connectivity index (χ4v) is 2.01. The van der Waals surface area contributed by atoms with Gasteiger partial charge in [0.2, 0.25) is 11.8 Å². The third-order valence-corrected chi connectivity index (χ3v) is 3.02. The fourth-order valence-electron chi connectivity index (χ4n) is 2.01. The number of amides is 2. The molecule has 0 spiro atoms. The van der Waals surface area contributed by atoms with Gasteiger partial charge in [0.1, 0.15) is 0 Å². The van der Waals surface area contributed by atoms with Crippen molar-refractivity contribution in [3.8, 4) is 0 Å².